The van der Waals surface area contributed by atoms with Crippen LogP contribution in [0, 0.1) is 6.92 Å². The van der Waals surface area contributed by atoms with Gasteiger partial charge in [0.1, 0.15) is 5.82 Å². The van der Waals surface area contributed by atoms with E-state index in [0.29, 0.717) is 6.54 Å². The minimum atomic E-state index is -0.0266. The standard InChI is InChI=1S/C17H20N4O/c1-11-14-6-5-13(7-15(14)22-21-11)18-8-12-9-19-16(20-10-12)17(2,3)4/h5-7,9-10,18H,8H2,1-4H3. The quantitative estimate of drug-likeness (QED) is 0.795. The van der Waals surface area contributed by atoms with E-state index in [1.165, 1.54) is 0 Å². The van der Waals surface area contributed by atoms with Gasteiger partial charge in [-0.25, -0.2) is 9.97 Å². The Labute approximate surface area is 129 Å². The molecule has 5 nitrogen and oxygen atoms in total. The molecule has 0 aliphatic carbocycles. The van der Waals surface area contributed by atoms with Crippen molar-refractivity contribution >= 4 is 16.7 Å². The molecular weight excluding hydrogens is 276 g/mol. The van der Waals surface area contributed by atoms with Gasteiger partial charge in [-0.15, -0.1) is 0 Å². The molecule has 0 amide bonds. The second kappa shape index (κ2) is 5.40. The molecule has 114 valence electrons. The summed E-state index contributed by atoms with van der Waals surface area (Å²) in [6.07, 6.45) is 3.75. The summed E-state index contributed by atoms with van der Waals surface area (Å²) in [6, 6.07) is 6.00. The summed E-state index contributed by atoms with van der Waals surface area (Å²) in [5.41, 5.74) is 3.71. The Morgan fingerprint density at radius 2 is 1.86 bits per heavy atom. The molecule has 0 aliphatic rings. The Bertz CT molecular complexity index is 785. The van der Waals surface area contributed by atoms with Crippen molar-refractivity contribution in [1.82, 2.24) is 15.1 Å². The largest absolute Gasteiger partial charge is 0.381 e. The molecule has 1 N–H and O–H groups in total. The van der Waals surface area contributed by atoms with Crippen LogP contribution in [-0.2, 0) is 12.0 Å². The summed E-state index contributed by atoms with van der Waals surface area (Å²) in [4.78, 5) is 8.87. The van der Waals surface area contributed by atoms with Crippen molar-refractivity contribution in [3.8, 4) is 0 Å². The van der Waals surface area contributed by atoms with Crippen molar-refractivity contribution in [3.05, 3.63) is 47.7 Å². The fourth-order valence-corrected chi connectivity index (χ4v) is 2.21. The summed E-state index contributed by atoms with van der Waals surface area (Å²) >= 11 is 0. The molecule has 0 aliphatic heterocycles. The second-order valence-electron chi connectivity index (χ2n) is 6.50. The van der Waals surface area contributed by atoms with Gasteiger partial charge >= 0.3 is 0 Å². The molecule has 2 heterocycles. The number of benzene rings is 1. The molecule has 3 rings (SSSR count). The first-order valence-corrected chi connectivity index (χ1v) is 7.35. The minimum absolute atomic E-state index is 0.0266. The molecule has 0 fully saturated rings. The van der Waals surface area contributed by atoms with Crippen molar-refractivity contribution in [1.29, 1.82) is 0 Å². The van der Waals surface area contributed by atoms with Gasteiger partial charge in [0.2, 0.25) is 0 Å². The molecule has 0 bridgehead atoms. The first kappa shape index (κ1) is 14.5. The smallest absolute Gasteiger partial charge is 0.169 e. The molecular formula is C17H20N4O. The van der Waals surface area contributed by atoms with Crippen LogP contribution < -0.4 is 5.32 Å². The summed E-state index contributed by atoms with van der Waals surface area (Å²) in [5.74, 6) is 0.856. The molecule has 0 saturated carbocycles. The van der Waals surface area contributed by atoms with Crippen LogP contribution in [0.25, 0.3) is 11.0 Å². The molecule has 0 radical (unpaired) electrons. The third-order valence-electron chi connectivity index (χ3n) is 3.53. The third kappa shape index (κ3) is 2.93. The van der Waals surface area contributed by atoms with Crippen LogP contribution in [0.3, 0.4) is 0 Å². The maximum Gasteiger partial charge on any atom is 0.169 e. The second-order valence-corrected chi connectivity index (χ2v) is 6.50. The fraction of sp³-hybridized carbons (Fsp3) is 0.353. The summed E-state index contributed by atoms with van der Waals surface area (Å²) in [5, 5.41) is 8.36. The lowest BCUT2D eigenvalue weighted by Crippen LogP contribution is -2.16. The third-order valence-corrected chi connectivity index (χ3v) is 3.53. The molecule has 2 aromatic heterocycles. The van der Waals surface area contributed by atoms with Crippen molar-refractivity contribution in [2.75, 3.05) is 5.32 Å². The van der Waals surface area contributed by atoms with Crippen LogP contribution >= 0.6 is 0 Å². The normalized spacial score (nSPS) is 11.8. The van der Waals surface area contributed by atoms with Crippen molar-refractivity contribution in [2.45, 2.75) is 39.7 Å². The highest BCUT2D eigenvalue weighted by molar-refractivity contribution is 5.82. The molecule has 0 saturated heterocycles. The molecule has 1 aromatic carbocycles. The van der Waals surface area contributed by atoms with Crippen LogP contribution in [-0.4, -0.2) is 15.1 Å². The van der Waals surface area contributed by atoms with Crippen LogP contribution in [0.4, 0.5) is 5.69 Å². The number of anilines is 1. The van der Waals surface area contributed by atoms with Gasteiger partial charge in [0.05, 0.1) is 5.69 Å². The maximum absolute atomic E-state index is 5.28. The molecule has 3 aromatic rings. The Kier molecular flexibility index (Phi) is 3.56. The van der Waals surface area contributed by atoms with E-state index in [0.717, 1.165) is 33.7 Å². The van der Waals surface area contributed by atoms with E-state index in [1.807, 2.05) is 37.5 Å². The number of aromatic nitrogens is 3. The van der Waals surface area contributed by atoms with Crippen LogP contribution in [0.1, 0.15) is 37.9 Å². The van der Waals surface area contributed by atoms with Gasteiger partial charge in [-0.05, 0) is 19.1 Å². The van der Waals surface area contributed by atoms with Crippen molar-refractivity contribution < 1.29 is 4.52 Å². The molecule has 5 heteroatoms. The predicted molar refractivity (Wildman–Crippen MR) is 86.8 cm³/mol. The van der Waals surface area contributed by atoms with E-state index >= 15 is 0 Å². The fourth-order valence-electron chi connectivity index (χ4n) is 2.21. The van der Waals surface area contributed by atoms with Gasteiger partial charge in [-0.2, -0.15) is 0 Å². The zero-order valence-corrected chi connectivity index (χ0v) is 13.3. The van der Waals surface area contributed by atoms with Crippen molar-refractivity contribution in [3.63, 3.8) is 0 Å². The number of hydrogen-bond donors (Lipinski definition) is 1. The first-order chi connectivity index (χ1) is 10.4. The van der Waals surface area contributed by atoms with E-state index < -0.39 is 0 Å². The van der Waals surface area contributed by atoms with Gasteiger partial charge < -0.3 is 9.84 Å². The van der Waals surface area contributed by atoms with Crippen LogP contribution in [0.5, 0.6) is 0 Å². The first-order valence-electron chi connectivity index (χ1n) is 7.35. The van der Waals surface area contributed by atoms with Gasteiger partial charge in [0.25, 0.3) is 0 Å². The zero-order chi connectivity index (χ0) is 15.7. The lowest BCUT2D eigenvalue weighted by molar-refractivity contribution is 0.450. The summed E-state index contributed by atoms with van der Waals surface area (Å²) in [6.45, 7) is 8.93. The van der Waals surface area contributed by atoms with E-state index in [4.69, 9.17) is 4.52 Å². The highest BCUT2D eigenvalue weighted by atomic mass is 16.5. The van der Waals surface area contributed by atoms with E-state index in [1.54, 1.807) is 0 Å². The van der Waals surface area contributed by atoms with Gasteiger partial charge in [0, 0.05) is 47.1 Å². The van der Waals surface area contributed by atoms with Gasteiger partial charge in [-0.3, -0.25) is 0 Å². The number of aryl methyl sites for hydroxylation is 1. The van der Waals surface area contributed by atoms with Gasteiger partial charge in [0.15, 0.2) is 5.58 Å². The topological polar surface area (TPSA) is 63.8 Å². The Hall–Kier alpha value is -2.43. The SMILES string of the molecule is Cc1noc2cc(NCc3cnc(C(C)(C)C)nc3)ccc12. The zero-order valence-electron chi connectivity index (χ0n) is 13.3. The predicted octanol–water partition coefficient (Wildman–Crippen LogP) is 3.84. The lowest BCUT2D eigenvalue weighted by atomic mass is 9.96. The number of hydrogen-bond acceptors (Lipinski definition) is 5. The lowest BCUT2D eigenvalue weighted by Gasteiger charge is -2.16. The highest BCUT2D eigenvalue weighted by Gasteiger charge is 2.16. The number of fused-ring (bicyclic) bond motifs is 1. The van der Waals surface area contributed by atoms with E-state index in [2.05, 4.69) is 41.2 Å². The molecule has 0 unspecified atom stereocenters. The average Bonchev–Trinajstić information content (AvgIpc) is 2.86. The molecule has 0 atom stereocenters. The number of rotatable bonds is 3. The van der Waals surface area contributed by atoms with E-state index in [-0.39, 0.29) is 5.41 Å². The van der Waals surface area contributed by atoms with Crippen LogP contribution in [0.2, 0.25) is 0 Å². The van der Waals surface area contributed by atoms with E-state index in [9.17, 15) is 0 Å². The maximum atomic E-state index is 5.28. The summed E-state index contributed by atoms with van der Waals surface area (Å²) < 4.78 is 5.28. The number of nitrogens with zero attached hydrogens (tertiary/aromatic N) is 3. The molecule has 0 spiro atoms. The summed E-state index contributed by atoms with van der Waals surface area (Å²) in [7, 11) is 0. The Morgan fingerprint density at radius 1 is 1.14 bits per heavy atom. The van der Waals surface area contributed by atoms with Crippen molar-refractivity contribution in [2.24, 2.45) is 0 Å². The Morgan fingerprint density at radius 3 is 2.55 bits per heavy atom. The molecule has 22 heavy (non-hydrogen) atoms. The minimum Gasteiger partial charge on any atom is -0.381 e. The van der Waals surface area contributed by atoms with Crippen LogP contribution in [0.15, 0.2) is 35.1 Å². The van der Waals surface area contributed by atoms with Gasteiger partial charge in [-0.1, -0.05) is 25.9 Å². The average molecular weight is 296 g/mol. The monoisotopic (exact) mass is 296 g/mol. The Balaban J connectivity index is 1.70. The highest BCUT2D eigenvalue weighted by Crippen LogP contribution is 2.22. The number of nitrogens with one attached hydrogen (secondary N) is 1.